The van der Waals surface area contributed by atoms with Crippen LogP contribution in [0.2, 0.25) is 19.6 Å². The van der Waals surface area contributed by atoms with Crippen molar-refractivity contribution >= 4 is 29.2 Å². The SMILES string of the molecule is C[Si](C)(C)/C(=C\C(O)(c1ccccc1)c1ccccc1)c1ccc(Br)cc1. The first-order chi connectivity index (χ1) is 12.8. The second kappa shape index (κ2) is 7.97. The number of hydrogen-bond acceptors (Lipinski definition) is 1. The van der Waals surface area contributed by atoms with E-state index >= 15 is 0 Å². The molecule has 0 atom stereocenters. The van der Waals surface area contributed by atoms with E-state index in [9.17, 15) is 5.11 Å². The first-order valence-electron chi connectivity index (χ1n) is 9.13. The monoisotopic (exact) mass is 436 g/mol. The molecule has 0 amide bonds. The molecule has 0 saturated carbocycles. The Morgan fingerprint density at radius 1 is 0.778 bits per heavy atom. The molecular formula is C24H25BrOSi. The minimum Gasteiger partial charge on any atom is -0.377 e. The minimum absolute atomic E-state index is 0.879. The van der Waals surface area contributed by atoms with Crippen molar-refractivity contribution in [2.24, 2.45) is 0 Å². The molecule has 3 heteroatoms. The van der Waals surface area contributed by atoms with E-state index in [4.69, 9.17) is 0 Å². The molecule has 0 aliphatic carbocycles. The summed E-state index contributed by atoms with van der Waals surface area (Å²) >= 11 is 3.52. The molecule has 1 nitrogen and oxygen atoms in total. The molecule has 0 aromatic heterocycles. The second-order valence-corrected chi connectivity index (χ2v) is 13.8. The summed E-state index contributed by atoms with van der Waals surface area (Å²) in [7, 11) is -1.73. The van der Waals surface area contributed by atoms with E-state index in [-0.39, 0.29) is 0 Å². The molecule has 27 heavy (non-hydrogen) atoms. The van der Waals surface area contributed by atoms with Crippen molar-refractivity contribution in [3.05, 3.63) is 112 Å². The van der Waals surface area contributed by atoms with Crippen molar-refractivity contribution in [2.75, 3.05) is 0 Å². The van der Waals surface area contributed by atoms with Crippen molar-refractivity contribution in [1.29, 1.82) is 0 Å². The molecule has 0 bridgehead atoms. The third-order valence-corrected chi connectivity index (χ3v) is 7.32. The largest absolute Gasteiger partial charge is 0.377 e. The Bertz CT molecular complexity index is 871. The topological polar surface area (TPSA) is 20.2 Å². The summed E-state index contributed by atoms with van der Waals surface area (Å²) in [6.07, 6.45) is 2.08. The molecule has 0 fully saturated rings. The van der Waals surface area contributed by atoms with Crippen LogP contribution in [0, 0.1) is 0 Å². The van der Waals surface area contributed by atoms with Gasteiger partial charge in [0.25, 0.3) is 0 Å². The van der Waals surface area contributed by atoms with Crippen molar-refractivity contribution in [1.82, 2.24) is 0 Å². The highest BCUT2D eigenvalue weighted by Gasteiger charge is 2.32. The van der Waals surface area contributed by atoms with Crippen LogP contribution < -0.4 is 0 Å². The third kappa shape index (κ3) is 4.49. The summed E-state index contributed by atoms with van der Waals surface area (Å²) in [5.41, 5.74) is 1.75. The lowest BCUT2D eigenvalue weighted by atomic mass is 9.85. The average molecular weight is 437 g/mol. The van der Waals surface area contributed by atoms with Crippen LogP contribution in [0.25, 0.3) is 5.20 Å². The van der Waals surface area contributed by atoms with Gasteiger partial charge in [-0.2, -0.15) is 0 Å². The normalized spacial score (nSPS) is 12.9. The van der Waals surface area contributed by atoms with Gasteiger partial charge in [-0.3, -0.25) is 0 Å². The summed E-state index contributed by atoms with van der Waals surface area (Å²) in [6.45, 7) is 6.95. The van der Waals surface area contributed by atoms with Gasteiger partial charge in [0.05, 0.1) is 8.07 Å². The second-order valence-electron chi connectivity index (χ2n) is 7.81. The maximum Gasteiger partial charge on any atom is 0.133 e. The van der Waals surface area contributed by atoms with Gasteiger partial charge < -0.3 is 5.11 Å². The summed E-state index contributed by atoms with van der Waals surface area (Å²) in [4.78, 5) is 0. The van der Waals surface area contributed by atoms with E-state index in [0.717, 1.165) is 15.6 Å². The highest BCUT2D eigenvalue weighted by atomic mass is 79.9. The van der Waals surface area contributed by atoms with Crippen LogP contribution in [0.3, 0.4) is 0 Å². The Morgan fingerprint density at radius 3 is 1.63 bits per heavy atom. The van der Waals surface area contributed by atoms with Gasteiger partial charge in [0.15, 0.2) is 0 Å². The molecule has 138 valence electrons. The van der Waals surface area contributed by atoms with Gasteiger partial charge in [-0.25, -0.2) is 0 Å². The predicted octanol–water partition coefficient (Wildman–Crippen LogP) is 6.65. The summed E-state index contributed by atoms with van der Waals surface area (Å²) in [5, 5.41) is 13.2. The van der Waals surface area contributed by atoms with Gasteiger partial charge in [0.1, 0.15) is 5.60 Å². The standard InChI is InChI=1S/C24H25BrOSi/c1-27(2,3)23(19-14-16-22(25)17-15-19)18-24(26,20-10-6-4-7-11-20)21-12-8-5-9-13-21/h4-18,26H,1-3H3/b23-18-. The number of aliphatic hydroxyl groups is 1. The van der Waals surface area contributed by atoms with Gasteiger partial charge in [-0.15, -0.1) is 0 Å². The number of benzene rings is 3. The lowest BCUT2D eigenvalue weighted by molar-refractivity contribution is 0.135. The summed E-state index contributed by atoms with van der Waals surface area (Å²) in [6, 6.07) is 28.2. The fourth-order valence-corrected chi connectivity index (χ4v) is 5.23. The molecular weight excluding hydrogens is 412 g/mol. The van der Waals surface area contributed by atoms with Crippen molar-refractivity contribution in [3.8, 4) is 0 Å². The maximum absolute atomic E-state index is 11.9. The van der Waals surface area contributed by atoms with Crippen LogP contribution in [0.4, 0.5) is 0 Å². The predicted molar refractivity (Wildman–Crippen MR) is 121 cm³/mol. The molecule has 3 aromatic rings. The zero-order valence-electron chi connectivity index (χ0n) is 16.0. The van der Waals surface area contributed by atoms with E-state index in [1.807, 2.05) is 60.7 Å². The summed E-state index contributed by atoms with van der Waals surface area (Å²) < 4.78 is 1.06. The van der Waals surface area contributed by atoms with Crippen LogP contribution >= 0.6 is 15.9 Å². The van der Waals surface area contributed by atoms with E-state index in [2.05, 4.69) is 65.9 Å². The number of rotatable bonds is 5. The fraction of sp³-hybridized carbons (Fsp3) is 0.167. The van der Waals surface area contributed by atoms with E-state index in [0.29, 0.717) is 0 Å². The lowest BCUT2D eigenvalue weighted by Crippen LogP contribution is -2.30. The van der Waals surface area contributed by atoms with Crippen molar-refractivity contribution in [3.63, 3.8) is 0 Å². The minimum atomic E-state index is -1.73. The Morgan fingerprint density at radius 2 is 1.22 bits per heavy atom. The molecule has 0 aliphatic heterocycles. The van der Waals surface area contributed by atoms with Gasteiger partial charge in [0.2, 0.25) is 0 Å². The smallest absolute Gasteiger partial charge is 0.133 e. The lowest BCUT2D eigenvalue weighted by Gasteiger charge is -2.31. The Kier molecular flexibility index (Phi) is 5.85. The average Bonchev–Trinajstić information content (AvgIpc) is 2.67. The number of hydrogen-bond donors (Lipinski definition) is 1. The third-order valence-electron chi connectivity index (χ3n) is 4.74. The van der Waals surface area contributed by atoms with E-state index in [1.54, 1.807) is 0 Å². The zero-order valence-corrected chi connectivity index (χ0v) is 18.6. The quantitative estimate of drug-likeness (QED) is 0.443. The van der Waals surface area contributed by atoms with E-state index < -0.39 is 13.7 Å². The van der Waals surface area contributed by atoms with Crippen LogP contribution in [-0.4, -0.2) is 13.2 Å². The Labute approximate surface area is 171 Å². The first-order valence-corrected chi connectivity index (χ1v) is 13.4. The molecule has 0 heterocycles. The molecule has 1 N–H and O–H groups in total. The highest BCUT2D eigenvalue weighted by molar-refractivity contribution is 9.10. The van der Waals surface area contributed by atoms with Crippen molar-refractivity contribution in [2.45, 2.75) is 25.2 Å². The van der Waals surface area contributed by atoms with Crippen LogP contribution in [0.15, 0.2) is 95.5 Å². The molecule has 0 spiro atoms. The molecule has 3 rings (SSSR count). The van der Waals surface area contributed by atoms with Gasteiger partial charge in [-0.1, -0.05) is 114 Å². The molecule has 0 saturated heterocycles. The molecule has 0 radical (unpaired) electrons. The molecule has 0 unspecified atom stereocenters. The molecule has 0 aliphatic rings. The summed E-state index contributed by atoms with van der Waals surface area (Å²) in [5.74, 6) is 0. The first kappa shape index (κ1) is 19.8. The van der Waals surface area contributed by atoms with Gasteiger partial charge in [-0.05, 0) is 34.9 Å². The maximum atomic E-state index is 11.9. The highest BCUT2D eigenvalue weighted by Crippen LogP contribution is 2.37. The van der Waals surface area contributed by atoms with Gasteiger partial charge >= 0.3 is 0 Å². The van der Waals surface area contributed by atoms with Crippen LogP contribution in [-0.2, 0) is 5.60 Å². The van der Waals surface area contributed by atoms with Crippen LogP contribution in [0.5, 0.6) is 0 Å². The Hall–Kier alpha value is -1.94. The fourth-order valence-electron chi connectivity index (χ4n) is 3.29. The molecule has 3 aromatic carbocycles. The van der Waals surface area contributed by atoms with Crippen molar-refractivity contribution < 1.29 is 5.11 Å². The zero-order chi connectivity index (χ0) is 19.5. The van der Waals surface area contributed by atoms with Gasteiger partial charge in [0, 0.05) is 4.47 Å². The van der Waals surface area contributed by atoms with E-state index in [1.165, 1.54) is 10.8 Å². The Balaban J connectivity index is 2.25. The number of halogens is 1. The van der Waals surface area contributed by atoms with Crippen LogP contribution in [0.1, 0.15) is 16.7 Å².